The molecule has 17 heavy (non-hydrogen) atoms. The van der Waals surface area contributed by atoms with Gasteiger partial charge in [0.1, 0.15) is 0 Å². The number of imide groups is 1. The van der Waals surface area contributed by atoms with Gasteiger partial charge in [0, 0.05) is 30.4 Å². The summed E-state index contributed by atoms with van der Waals surface area (Å²) in [4.78, 5) is 28.5. The highest BCUT2D eigenvalue weighted by Crippen LogP contribution is 2.22. The number of likely N-dealkylation sites (tertiary alicyclic amines) is 1. The average Bonchev–Trinajstić information content (AvgIpc) is 2.58. The van der Waals surface area contributed by atoms with Crippen molar-refractivity contribution in [2.24, 2.45) is 0 Å². The van der Waals surface area contributed by atoms with Crippen molar-refractivity contribution >= 4 is 11.8 Å². The van der Waals surface area contributed by atoms with Crippen molar-refractivity contribution in [1.82, 2.24) is 9.88 Å². The molecule has 2 amide bonds. The van der Waals surface area contributed by atoms with Gasteiger partial charge in [0.05, 0.1) is 6.42 Å². The molecule has 2 rings (SSSR count). The van der Waals surface area contributed by atoms with E-state index in [0.717, 1.165) is 10.6 Å². The first-order chi connectivity index (χ1) is 8.09. The lowest BCUT2D eigenvalue weighted by Gasteiger charge is -2.06. The van der Waals surface area contributed by atoms with Crippen molar-refractivity contribution in [2.75, 3.05) is 7.05 Å². The molecule has 1 aliphatic rings. The van der Waals surface area contributed by atoms with Crippen LogP contribution in [0.15, 0.2) is 36.0 Å². The van der Waals surface area contributed by atoms with Crippen molar-refractivity contribution in [3.63, 3.8) is 0 Å². The molecule has 1 unspecified atom stereocenters. The molecular formula is C13H14N2O2. The first kappa shape index (κ1) is 11.5. The maximum atomic E-state index is 11.7. The van der Waals surface area contributed by atoms with Gasteiger partial charge in [-0.05, 0) is 12.1 Å². The van der Waals surface area contributed by atoms with Crippen LogP contribution in [-0.4, -0.2) is 28.7 Å². The minimum Gasteiger partial charge on any atom is -0.282 e. The fraction of sp³-hybridized carbons (Fsp3) is 0.308. The Hall–Kier alpha value is -1.97. The van der Waals surface area contributed by atoms with Crippen LogP contribution < -0.4 is 0 Å². The lowest BCUT2D eigenvalue weighted by atomic mass is 10.0. The van der Waals surface area contributed by atoms with Gasteiger partial charge in [-0.1, -0.05) is 19.1 Å². The molecule has 2 heterocycles. The van der Waals surface area contributed by atoms with Gasteiger partial charge in [0.15, 0.2) is 0 Å². The number of carbonyl (C=O) groups excluding carboxylic acids is 2. The standard InChI is InChI=1S/C13H14N2O2/c1-9(11-5-3-4-6-14-11)7-10-8-12(16)15(2)13(10)17/h3-7,9H,8H2,1-2H3/b10-7+. The molecule has 0 N–H and O–H groups in total. The van der Waals surface area contributed by atoms with Gasteiger partial charge in [-0.25, -0.2) is 0 Å². The Bertz CT molecular complexity index is 479. The maximum Gasteiger partial charge on any atom is 0.256 e. The van der Waals surface area contributed by atoms with Crippen LogP contribution in [0.25, 0.3) is 0 Å². The summed E-state index contributed by atoms with van der Waals surface area (Å²) in [7, 11) is 1.51. The Kier molecular flexibility index (Phi) is 3.04. The molecule has 4 heteroatoms. The summed E-state index contributed by atoms with van der Waals surface area (Å²) in [6.45, 7) is 1.96. The number of pyridine rings is 1. The Balaban J connectivity index is 2.21. The molecule has 0 aromatic carbocycles. The monoisotopic (exact) mass is 230 g/mol. The molecule has 88 valence electrons. The second kappa shape index (κ2) is 4.49. The number of carbonyl (C=O) groups is 2. The molecule has 0 radical (unpaired) electrons. The van der Waals surface area contributed by atoms with Crippen molar-refractivity contribution in [2.45, 2.75) is 19.3 Å². The predicted octanol–water partition coefficient (Wildman–Crippen LogP) is 1.50. The molecular weight excluding hydrogens is 216 g/mol. The molecule has 0 spiro atoms. The SMILES string of the molecule is CC(/C=C1\CC(=O)N(C)C1=O)c1ccccn1. The summed E-state index contributed by atoms with van der Waals surface area (Å²) in [5.74, 6) is -0.304. The predicted molar refractivity (Wildman–Crippen MR) is 63.1 cm³/mol. The highest BCUT2D eigenvalue weighted by Gasteiger charge is 2.30. The molecule has 1 aromatic rings. The van der Waals surface area contributed by atoms with Gasteiger partial charge in [0.2, 0.25) is 5.91 Å². The first-order valence-electron chi connectivity index (χ1n) is 5.52. The van der Waals surface area contributed by atoms with E-state index in [-0.39, 0.29) is 24.2 Å². The zero-order valence-corrected chi connectivity index (χ0v) is 9.88. The second-order valence-electron chi connectivity index (χ2n) is 4.17. The first-order valence-corrected chi connectivity index (χ1v) is 5.52. The summed E-state index contributed by atoms with van der Waals surface area (Å²) in [6.07, 6.45) is 3.75. The highest BCUT2D eigenvalue weighted by atomic mass is 16.2. The molecule has 0 aliphatic carbocycles. The molecule has 4 nitrogen and oxygen atoms in total. The van der Waals surface area contributed by atoms with E-state index in [1.807, 2.05) is 31.2 Å². The summed E-state index contributed by atoms with van der Waals surface area (Å²) in [5, 5.41) is 0. The third-order valence-electron chi connectivity index (χ3n) is 2.90. The van der Waals surface area contributed by atoms with Crippen LogP contribution in [0, 0.1) is 0 Å². The van der Waals surface area contributed by atoms with Gasteiger partial charge < -0.3 is 0 Å². The zero-order chi connectivity index (χ0) is 12.4. The number of allylic oxidation sites excluding steroid dienone is 1. The Labute approximate surface area is 100.0 Å². The van der Waals surface area contributed by atoms with Gasteiger partial charge in [-0.3, -0.25) is 19.5 Å². The minimum atomic E-state index is -0.196. The topological polar surface area (TPSA) is 50.3 Å². The lowest BCUT2D eigenvalue weighted by molar-refractivity contribution is -0.135. The third-order valence-corrected chi connectivity index (χ3v) is 2.90. The molecule has 1 aromatic heterocycles. The third kappa shape index (κ3) is 2.25. The lowest BCUT2D eigenvalue weighted by Crippen LogP contribution is -2.23. The summed E-state index contributed by atoms with van der Waals surface area (Å²) < 4.78 is 0. The maximum absolute atomic E-state index is 11.7. The zero-order valence-electron chi connectivity index (χ0n) is 9.88. The number of nitrogens with zero attached hydrogens (tertiary/aromatic N) is 2. The number of likely N-dealkylation sites (N-methyl/N-ethyl adjacent to an activating group) is 1. The molecule has 0 bridgehead atoms. The van der Waals surface area contributed by atoms with Crippen molar-refractivity contribution in [3.05, 3.63) is 41.7 Å². The van der Waals surface area contributed by atoms with Crippen molar-refractivity contribution < 1.29 is 9.59 Å². The van der Waals surface area contributed by atoms with Gasteiger partial charge in [0.25, 0.3) is 5.91 Å². The van der Waals surface area contributed by atoms with Crippen LogP contribution in [0.4, 0.5) is 0 Å². The summed E-state index contributed by atoms with van der Waals surface area (Å²) in [6, 6.07) is 5.67. The van der Waals surface area contributed by atoms with Gasteiger partial charge >= 0.3 is 0 Å². The van der Waals surface area contributed by atoms with Crippen LogP contribution >= 0.6 is 0 Å². The van der Waals surface area contributed by atoms with E-state index in [9.17, 15) is 9.59 Å². The summed E-state index contributed by atoms with van der Waals surface area (Å²) >= 11 is 0. The van der Waals surface area contributed by atoms with E-state index in [2.05, 4.69) is 4.98 Å². The Morgan fingerprint density at radius 3 is 2.71 bits per heavy atom. The molecule has 1 saturated heterocycles. The van der Waals surface area contributed by atoms with E-state index in [1.165, 1.54) is 7.05 Å². The quantitative estimate of drug-likeness (QED) is 0.571. The normalized spacial score (nSPS) is 20.1. The van der Waals surface area contributed by atoms with E-state index in [1.54, 1.807) is 6.20 Å². The van der Waals surface area contributed by atoms with Crippen molar-refractivity contribution in [3.8, 4) is 0 Å². The van der Waals surface area contributed by atoms with Crippen LogP contribution in [0.5, 0.6) is 0 Å². The number of amides is 2. The summed E-state index contributed by atoms with van der Waals surface area (Å²) in [5.41, 5.74) is 1.46. The van der Waals surface area contributed by atoms with Crippen LogP contribution in [0.3, 0.4) is 0 Å². The minimum absolute atomic E-state index is 0.0365. The molecule has 1 atom stereocenters. The second-order valence-corrected chi connectivity index (χ2v) is 4.17. The van der Waals surface area contributed by atoms with Crippen LogP contribution in [0.2, 0.25) is 0 Å². The van der Waals surface area contributed by atoms with Gasteiger partial charge in [-0.2, -0.15) is 0 Å². The number of aromatic nitrogens is 1. The number of hydrogen-bond acceptors (Lipinski definition) is 3. The van der Waals surface area contributed by atoms with Crippen LogP contribution in [0.1, 0.15) is 25.0 Å². The Morgan fingerprint density at radius 2 is 2.18 bits per heavy atom. The van der Waals surface area contributed by atoms with E-state index in [4.69, 9.17) is 0 Å². The smallest absolute Gasteiger partial charge is 0.256 e. The highest BCUT2D eigenvalue weighted by molar-refractivity contribution is 6.13. The van der Waals surface area contributed by atoms with E-state index < -0.39 is 0 Å². The van der Waals surface area contributed by atoms with E-state index in [0.29, 0.717) is 5.57 Å². The number of rotatable bonds is 2. The van der Waals surface area contributed by atoms with E-state index >= 15 is 0 Å². The Morgan fingerprint density at radius 1 is 1.41 bits per heavy atom. The molecule has 0 saturated carbocycles. The molecule has 1 fully saturated rings. The van der Waals surface area contributed by atoms with Crippen molar-refractivity contribution in [1.29, 1.82) is 0 Å². The fourth-order valence-corrected chi connectivity index (χ4v) is 1.85. The fourth-order valence-electron chi connectivity index (χ4n) is 1.85. The molecule has 1 aliphatic heterocycles. The largest absolute Gasteiger partial charge is 0.282 e. The van der Waals surface area contributed by atoms with Crippen LogP contribution in [-0.2, 0) is 9.59 Å². The van der Waals surface area contributed by atoms with Gasteiger partial charge in [-0.15, -0.1) is 0 Å². The average molecular weight is 230 g/mol. The number of hydrogen-bond donors (Lipinski definition) is 0.